The first-order valence-electron chi connectivity index (χ1n) is 13.4. The summed E-state index contributed by atoms with van der Waals surface area (Å²) < 4.78 is 40.0. The SMILES string of the molecule is COc1ccc(OC)c(N(CC(=O)N(CCc2ccccc2)[C@@H](C)C(=O)NC(C)C)S(=O)(=O)c2ccc(C)cc2)c1. The Balaban J connectivity index is 2.07. The maximum absolute atomic E-state index is 14.1. The molecule has 0 saturated heterocycles. The summed E-state index contributed by atoms with van der Waals surface area (Å²) in [5.41, 5.74) is 2.02. The molecule has 0 aliphatic heterocycles. The Morgan fingerprint density at radius 2 is 1.56 bits per heavy atom. The molecular formula is C31H39N3O6S. The molecule has 1 N–H and O–H groups in total. The molecule has 1 atom stereocenters. The van der Waals surface area contributed by atoms with Crippen molar-refractivity contribution in [1.29, 1.82) is 0 Å². The summed E-state index contributed by atoms with van der Waals surface area (Å²) in [6, 6.07) is 19.8. The van der Waals surface area contributed by atoms with Gasteiger partial charge in [0.2, 0.25) is 11.8 Å². The predicted molar refractivity (Wildman–Crippen MR) is 160 cm³/mol. The molecule has 0 unspecified atom stereocenters. The van der Waals surface area contributed by atoms with E-state index < -0.39 is 28.5 Å². The van der Waals surface area contributed by atoms with E-state index in [4.69, 9.17) is 9.47 Å². The van der Waals surface area contributed by atoms with E-state index in [1.54, 1.807) is 31.2 Å². The first-order chi connectivity index (χ1) is 19.5. The first-order valence-corrected chi connectivity index (χ1v) is 14.9. The van der Waals surface area contributed by atoms with Crippen molar-refractivity contribution in [2.24, 2.45) is 0 Å². The lowest BCUT2D eigenvalue weighted by Gasteiger charge is -2.32. The van der Waals surface area contributed by atoms with Crippen molar-refractivity contribution in [2.45, 2.75) is 51.1 Å². The highest BCUT2D eigenvalue weighted by Crippen LogP contribution is 2.36. The minimum absolute atomic E-state index is 0.0159. The van der Waals surface area contributed by atoms with Crippen molar-refractivity contribution in [3.63, 3.8) is 0 Å². The van der Waals surface area contributed by atoms with Crippen molar-refractivity contribution >= 4 is 27.5 Å². The number of carbonyl (C=O) groups excluding carboxylic acids is 2. The van der Waals surface area contributed by atoms with Crippen molar-refractivity contribution in [3.05, 3.63) is 83.9 Å². The number of amides is 2. The molecule has 0 saturated carbocycles. The predicted octanol–water partition coefficient (Wildman–Crippen LogP) is 4.19. The van der Waals surface area contributed by atoms with E-state index in [0.717, 1.165) is 15.4 Å². The summed E-state index contributed by atoms with van der Waals surface area (Å²) in [6.07, 6.45) is 0.485. The van der Waals surface area contributed by atoms with Gasteiger partial charge in [-0.15, -0.1) is 0 Å². The van der Waals surface area contributed by atoms with Crippen LogP contribution in [0.3, 0.4) is 0 Å². The average Bonchev–Trinajstić information content (AvgIpc) is 2.95. The standard InChI is InChI=1S/C31H39N3O6S/c1-22(2)32-31(36)24(4)33(19-18-25-10-8-7-9-11-25)30(35)21-34(28-20-26(39-5)14-17-29(28)40-6)41(37,38)27-15-12-23(3)13-16-27/h7-17,20,22,24H,18-19,21H2,1-6H3,(H,32,36)/t24-/m0/s1. The third-order valence-electron chi connectivity index (χ3n) is 6.62. The molecular weight excluding hydrogens is 542 g/mol. The maximum Gasteiger partial charge on any atom is 0.264 e. The highest BCUT2D eigenvalue weighted by atomic mass is 32.2. The van der Waals surface area contributed by atoms with Crippen molar-refractivity contribution in [2.75, 3.05) is 31.6 Å². The van der Waals surface area contributed by atoms with Crippen LogP contribution in [-0.4, -0.2) is 64.5 Å². The second-order valence-corrected chi connectivity index (χ2v) is 11.9. The third-order valence-corrected chi connectivity index (χ3v) is 8.40. The Morgan fingerprint density at radius 1 is 0.902 bits per heavy atom. The van der Waals surface area contributed by atoms with Gasteiger partial charge in [0.15, 0.2) is 0 Å². The van der Waals surface area contributed by atoms with Gasteiger partial charge < -0.3 is 19.7 Å². The summed E-state index contributed by atoms with van der Waals surface area (Å²) in [5.74, 6) is -0.222. The van der Waals surface area contributed by atoms with Crippen LogP contribution < -0.4 is 19.1 Å². The summed E-state index contributed by atoms with van der Waals surface area (Å²) in [4.78, 5) is 28.5. The lowest BCUT2D eigenvalue weighted by atomic mass is 10.1. The quantitative estimate of drug-likeness (QED) is 0.325. The van der Waals surface area contributed by atoms with Crippen LogP contribution in [0.2, 0.25) is 0 Å². The fraction of sp³-hybridized carbons (Fsp3) is 0.355. The van der Waals surface area contributed by atoms with Gasteiger partial charge in [0, 0.05) is 18.7 Å². The van der Waals surface area contributed by atoms with Gasteiger partial charge in [0.1, 0.15) is 24.1 Å². The number of benzene rings is 3. The lowest BCUT2D eigenvalue weighted by Crippen LogP contribution is -2.53. The molecule has 0 heterocycles. The largest absolute Gasteiger partial charge is 0.497 e. The first kappa shape index (κ1) is 31.5. The Hall–Kier alpha value is -4.05. The smallest absolute Gasteiger partial charge is 0.264 e. The van der Waals surface area contributed by atoms with Gasteiger partial charge in [0.25, 0.3) is 10.0 Å². The summed E-state index contributed by atoms with van der Waals surface area (Å²) in [6.45, 7) is 6.83. The number of carbonyl (C=O) groups is 2. The molecule has 0 radical (unpaired) electrons. The van der Waals surface area contributed by atoms with E-state index >= 15 is 0 Å². The zero-order valence-corrected chi connectivity index (χ0v) is 25.3. The molecule has 220 valence electrons. The number of methoxy groups -OCH3 is 2. The van der Waals surface area contributed by atoms with Crippen molar-refractivity contribution in [1.82, 2.24) is 10.2 Å². The fourth-order valence-corrected chi connectivity index (χ4v) is 5.73. The Labute approximate surface area is 243 Å². The number of sulfonamides is 1. The van der Waals surface area contributed by atoms with Gasteiger partial charge in [-0.3, -0.25) is 13.9 Å². The normalized spacial score (nSPS) is 12.0. The minimum Gasteiger partial charge on any atom is -0.497 e. The number of hydrogen-bond acceptors (Lipinski definition) is 6. The molecule has 0 fully saturated rings. The molecule has 0 aliphatic rings. The molecule has 2 amide bonds. The highest BCUT2D eigenvalue weighted by molar-refractivity contribution is 7.92. The van der Waals surface area contributed by atoms with E-state index in [1.165, 1.54) is 37.3 Å². The molecule has 0 spiro atoms. The molecule has 3 aromatic carbocycles. The van der Waals surface area contributed by atoms with Crippen LogP contribution in [0.1, 0.15) is 31.9 Å². The number of aryl methyl sites for hydroxylation is 1. The van der Waals surface area contributed by atoms with Gasteiger partial charge in [-0.2, -0.15) is 0 Å². The zero-order valence-electron chi connectivity index (χ0n) is 24.5. The van der Waals surface area contributed by atoms with E-state index in [2.05, 4.69) is 5.32 Å². The monoisotopic (exact) mass is 581 g/mol. The number of ether oxygens (including phenoxy) is 2. The van der Waals surface area contributed by atoms with Crippen LogP contribution >= 0.6 is 0 Å². The van der Waals surface area contributed by atoms with E-state index in [1.807, 2.05) is 51.1 Å². The Morgan fingerprint density at radius 3 is 2.15 bits per heavy atom. The highest BCUT2D eigenvalue weighted by Gasteiger charge is 2.34. The minimum atomic E-state index is -4.24. The van der Waals surface area contributed by atoms with E-state index in [-0.39, 0.29) is 34.8 Å². The molecule has 3 aromatic rings. The van der Waals surface area contributed by atoms with Gasteiger partial charge in [-0.1, -0.05) is 48.0 Å². The summed E-state index contributed by atoms with van der Waals surface area (Å²) >= 11 is 0. The molecule has 0 aliphatic carbocycles. The second kappa shape index (κ2) is 14.0. The van der Waals surface area contributed by atoms with Crippen molar-refractivity contribution < 1.29 is 27.5 Å². The number of rotatable bonds is 13. The van der Waals surface area contributed by atoms with Crippen LogP contribution in [0.15, 0.2) is 77.7 Å². The molecule has 3 rings (SSSR count). The van der Waals surface area contributed by atoms with Crippen molar-refractivity contribution in [3.8, 4) is 11.5 Å². The van der Waals surface area contributed by atoms with Crippen LogP contribution in [0, 0.1) is 6.92 Å². The maximum atomic E-state index is 14.1. The average molecular weight is 582 g/mol. The van der Waals surface area contributed by atoms with E-state index in [0.29, 0.717) is 12.2 Å². The lowest BCUT2D eigenvalue weighted by molar-refractivity contribution is -0.139. The van der Waals surface area contributed by atoms with Crippen LogP contribution in [0.4, 0.5) is 5.69 Å². The van der Waals surface area contributed by atoms with Gasteiger partial charge in [-0.05, 0) is 63.9 Å². The number of nitrogens with zero attached hydrogens (tertiary/aromatic N) is 2. The molecule has 41 heavy (non-hydrogen) atoms. The van der Waals surface area contributed by atoms with Crippen LogP contribution in [-0.2, 0) is 26.0 Å². The zero-order chi connectivity index (χ0) is 30.2. The second-order valence-electron chi connectivity index (χ2n) is 10.0. The summed E-state index contributed by atoms with van der Waals surface area (Å²) in [5, 5.41) is 2.85. The van der Waals surface area contributed by atoms with Gasteiger partial charge in [-0.25, -0.2) is 8.42 Å². The summed E-state index contributed by atoms with van der Waals surface area (Å²) in [7, 11) is -1.35. The number of nitrogens with one attached hydrogen (secondary N) is 1. The van der Waals surface area contributed by atoms with Crippen LogP contribution in [0.25, 0.3) is 0 Å². The molecule has 10 heteroatoms. The molecule has 9 nitrogen and oxygen atoms in total. The Bertz CT molecular complexity index is 1430. The third kappa shape index (κ3) is 8.00. The topological polar surface area (TPSA) is 105 Å². The fourth-order valence-electron chi connectivity index (χ4n) is 4.32. The van der Waals surface area contributed by atoms with Gasteiger partial charge >= 0.3 is 0 Å². The molecule has 0 bridgehead atoms. The Kier molecular flexibility index (Phi) is 10.8. The van der Waals surface area contributed by atoms with E-state index in [9.17, 15) is 18.0 Å². The van der Waals surface area contributed by atoms with Crippen LogP contribution in [0.5, 0.6) is 11.5 Å². The number of anilines is 1. The molecule has 0 aromatic heterocycles. The van der Waals surface area contributed by atoms with Gasteiger partial charge in [0.05, 0.1) is 24.8 Å². The number of hydrogen-bond donors (Lipinski definition) is 1.